The quantitative estimate of drug-likeness (QED) is 0.687. The third-order valence-corrected chi connectivity index (χ3v) is 5.93. The molecule has 0 bridgehead atoms. The van der Waals surface area contributed by atoms with Gasteiger partial charge in [-0.05, 0) is 24.2 Å². The van der Waals surface area contributed by atoms with E-state index in [0.717, 1.165) is 38.3 Å². The lowest BCUT2D eigenvalue weighted by atomic mass is 10.1. The molecule has 0 atom stereocenters. The van der Waals surface area contributed by atoms with E-state index in [4.69, 9.17) is 34.8 Å². The Morgan fingerprint density at radius 3 is 2.29 bits per heavy atom. The van der Waals surface area contributed by atoms with Crippen molar-refractivity contribution < 1.29 is 9.90 Å². The lowest BCUT2D eigenvalue weighted by molar-refractivity contribution is 0.0948. The zero-order chi connectivity index (χ0) is 20.3. The largest absolute Gasteiger partial charge is 0.505 e. The molecule has 28 heavy (non-hydrogen) atoms. The van der Waals surface area contributed by atoms with Gasteiger partial charge in [-0.15, -0.1) is 0 Å². The van der Waals surface area contributed by atoms with Crippen LogP contribution in [0.5, 0.6) is 5.75 Å². The SMILES string of the molecule is CN1CCN(Cc2ccc(CNC(=O)c3c(O)c(Cl)cc(Cl)c3Cl)cc2)CC1. The molecule has 1 saturated heterocycles. The van der Waals surface area contributed by atoms with Crippen LogP contribution in [0.1, 0.15) is 21.5 Å². The van der Waals surface area contributed by atoms with Crippen LogP contribution in [0.15, 0.2) is 30.3 Å². The van der Waals surface area contributed by atoms with Crippen LogP contribution in [0.4, 0.5) is 0 Å². The second-order valence-corrected chi connectivity index (χ2v) is 8.15. The number of nitrogens with zero attached hydrogens (tertiary/aromatic N) is 2. The molecule has 0 radical (unpaired) electrons. The standard InChI is InChI=1S/C20H22Cl3N3O2/c1-25-6-8-26(9-7-25)12-14-4-2-13(3-5-14)11-24-20(28)17-18(23)15(21)10-16(22)19(17)27/h2-5,10,27H,6-9,11-12H2,1H3,(H,24,28). The fraction of sp³-hybridized carbons (Fsp3) is 0.350. The molecule has 8 heteroatoms. The molecule has 2 aromatic carbocycles. The Morgan fingerprint density at radius 1 is 1.04 bits per heavy atom. The van der Waals surface area contributed by atoms with Crippen molar-refractivity contribution in [3.05, 3.63) is 62.1 Å². The molecule has 1 fully saturated rings. The Bertz CT molecular complexity index is 825. The predicted octanol–water partition coefficient (Wildman–Crippen LogP) is 4.03. The predicted molar refractivity (Wildman–Crippen MR) is 114 cm³/mol. The van der Waals surface area contributed by atoms with Crippen LogP contribution in [0.25, 0.3) is 0 Å². The number of hydrogen-bond acceptors (Lipinski definition) is 4. The number of piperazine rings is 1. The van der Waals surface area contributed by atoms with Gasteiger partial charge in [0.15, 0.2) is 0 Å². The summed E-state index contributed by atoms with van der Waals surface area (Å²) >= 11 is 17.9. The van der Waals surface area contributed by atoms with Crippen molar-refractivity contribution in [3.63, 3.8) is 0 Å². The van der Waals surface area contributed by atoms with Crippen molar-refractivity contribution in [1.82, 2.24) is 15.1 Å². The van der Waals surface area contributed by atoms with Crippen LogP contribution in [0, 0.1) is 0 Å². The maximum Gasteiger partial charge on any atom is 0.256 e. The fourth-order valence-corrected chi connectivity index (χ4v) is 3.78. The molecule has 1 amide bonds. The summed E-state index contributed by atoms with van der Waals surface area (Å²) in [7, 11) is 2.14. The minimum absolute atomic E-state index is 0.0205. The van der Waals surface area contributed by atoms with Crippen LogP contribution in [0.2, 0.25) is 15.1 Å². The highest BCUT2D eigenvalue weighted by Crippen LogP contribution is 2.38. The van der Waals surface area contributed by atoms with Crippen LogP contribution in [0.3, 0.4) is 0 Å². The number of amides is 1. The number of benzene rings is 2. The van der Waals surface area contributed by atoms with Crippen molar-refractivity contribution >= 4 is 40.7 Å². The lowest BCUT2D eigenvalue weighted by Gasteiger charge is -2.32. The lowest BCUT2D eigenvalue weighted by Crippen LogP contribution is -2.43. The van der Waals surface area contributed by atoms with Gasteiger partial charge in [-0.3, -0.25) is 9.69 Å². The van der Waals surface area contributed by atoms with Crippen LogP contribution in [-0.4, -0.2) is 54.0 Å². The number of carbonyl (C=O) groups excluding carboxylic acids is 1. The van der Waals surface area contributed by atoms with Gasteiger partial charge >= 0.3 is 0 Å². The minimum Gasteiger partial charge on any atom is -0.505 e. The zero-order valence-corrected chi connectivity index (χ0v) is 17.8. The molecule has 0 aliphatic carbocycles. The number of nitrogens with one attached hydrogen (secondary N) is 1. The van der Waals surface area contributed by atoms with Crippen molar-refractivity contribution in [2.75, 3.05) is 33.2 Å². The summed E-state index contributed by atoms with van der Waals surface area (Å²) in [4.78, 5) is 17.2. The van der Waals surface area contributed by atoms with Gasteiger partial charge in [0.2, 0.25) is 0 Å². The maximum atomic E-state index is 12.4. The fourth-order valence-electron chi connectivity index (χ4n) is 3.09. The summed E-state index contributed by atoms with van der Waals surface area (Å²) in [6.45, 7) is 5.54. The summed E-state index contributed by atoms with van der Waals surface area (Å²) in [5.74, 6) is -0.912. The van der Waals surface area contributed by atoms with Gasteiger partial charge in [-0.1, -0.05) is 59.1 Å². The average Bonchev–Trinajstić information content (AvgIpc) is 2.68. The Morgan fingerprint density at radius 2 is 1.64 bits per heavy atom. The molecule has 5 nitrogen and oxygen atoms in total. The molecule has 1 aliphatic heterocycles. The second kappa shape index (κ2) is 9.33. The second-order valence-electron chi connectivity index (χ2n) is 6.96. The first-order valence-electron chi connectivity index (χ1n) is 8.98. The zero-order valence-electron chi connectivity index (χ0n) is 15.5. The third-order valence-electron chi connectivity index (χ3n) is 4.85. The van der Waals surface area contributed by atoms with Gasteiger partial charge in [-0.2, -0.15) is 0 Å². The summed E-state index contributed by atoms with van der Waals surface area (Å²) in [5, 5.41) is 12.8. The number of rotatable bonds is 5. The van der Waals surface area contributed by atoms with Crippen molar-refractivity contribution in [1.29, 1.82) is 0 Å². The van der Waals surface area contributed by atoms with Crippen LogP contribution in [-0.2, 0) is 13.1 Å². The van der Waals surface area contributed by atoms with Gasteiger partial charge in [0.05, 0.1) is 15.1 Å². The molecule has 2 aromatic rings. The van der Waals surface area contributed by atoms with Gasteiger partial charge in [0.1, 0.15) is 11.3 Å². The highest BCUT2D eigenvalue weighted by Gasteiger charge is 2.21. The first kappa shape index (κ1) is 21.2. The Labute approximate surface area is 179 Å². The van der Waals surface area contributed by atoms with Gasteiger partial charge in [-0.25, -0.2) is 0 Å². The van der Waals surface area contributed by atoms with Crippen LogP contribution >= 0.6 is 34.8 Å². The molecule has 0 aromatic heterocycles. The molecular weight excluding hydrogens is 421 g/mol. The minimum atomic E-state index is -0.534. The average molecular weight is 443 g/mol. The number of phenolic OH excluding ortho intramolecular Hbond substituents is 1. The monoisotopic (exact) mass is 441 g/mol. The first-order chi connectivity index (χ1) is 13.3. The molecule has 1 heterocycles. The summed E-state index contributed by atoms with van der Waals surface area (Å²) < 4.78 is 0. The summed E-state index contributed by atoms with van der Waals surface area (Å²) in [6, 6.07) is 9.41. The van der Waals surface area contributed by atoms with E-state index in [1.54, 1.807) is 0 Å². The normalized spacial score (nSPS) is 15.6. The van der Waals surface area contributed by atoms with E-state index in [-0.39, 0.29) is 26.4 Å². The molecule has 3 rings (SSSR count). The number of halogens is 3. The molecule has 0 saturated carbocycles. The number of aromatic hydroxyl groups is 1. The number of hydrogen-bond donors (Lipinski definition) is 2. The van der Waals surface area contributed by atoms with Gasteiger partial charge in [0.25, 0.3) is 5.91 Å². The van der Waals surface area contributed by atoms with Crippen molar-refractivity contribution in [2.45, 2.75) is 13.1 Å². The topological polar surface area (TPSA) is 55.8 Å². The molecular formula is C20H22Cl3N3O2. The molecule has 1 aliphatic rings. The molecule has 0 spiro atoms. The molecule has 2 N–H and O–H groups in total. The number of carbonyl (C=O) groups is 1. The summed E-state index contributed by atoms with van der Waals surface area (Å²) in [5.41, 5.74) is 2.06. The van der Waals surface area contributed by atoms with E-state index in [1.165, 1.54) is 11.6 Å². The first-order valence-corrected chi connectivity index (χ1v) is 10.1. The summed E-state index contributed by atoms with van der Waals surface area (Å²) in [6.07, 6.45) is 0. The highest BCUT2D eigenvalue weighted by atomic mass is 35.5. The highest BCUT2D eigenvalue weighted by molar-refractivity contribution is 6.45. The Kier molecular flexibility index (Phi) is 7.07. The van der Waals surface area contributed by atoms with Crippen molar-refractivity contribution in [2.24, 2.45) is 0 Å². The van der Waals surface area contributed by atoms with E-state index >= 15 is 0 Å². The Balaban J connectivity index is 1.59. The van der Waals surface area contributed by atoms with E-state index in [2.05, 4.69) is 34.3 Å². The number of phenols is 1. The van der Waals surface area contributed by atoms with E-state index in [9.17, 15) is 9.90 Å². The molecule has 150 valence electrons. The smallest absolute Gasteiger partial charge is 0.256 e. The third kappa shape index (κ3) is 5.10. The number of likely N-dealkylation sites (N-methyl/N-ethyl adjacent to an activating group) is 1. The van der Waals surface area contributed by atoms with Crippen LogP contribution < -0.4 is 5.32 Å². The molecule has 0 unspecified atom stereocenters. The van der Waals surface area contributed by atoms with Gasteiger partial charge in [0, 0.05) is 39.3 Å². The maximum absolute atomic E-state index is 12.4. The van der Waals surface area contributed by atoms with E-state index in [1.807, 2.05) is 12.1 Å². The van der Waals surface area contributed by atoms with Crippen molar-refractivity contribution in [3.8, 4) is 5.75 Å². The van der Waals surface area contributed by atoms with E-state index in [0.29, 0.717) is 6.54 Å². The van der Waals surface area contributed by atoms with E-state index < -0.39 is 5.91 Å². The van der Waals surface area contributed by atoms with Gasteiger partial charge < -0.3 is 15.3 Å². The Hall–Kier alpha value is -1.50.